The number of hydrogen-bond acceptors (Lipinski definition) is 4. The summed E-state index contributed by atoms with van der Waals surface area (Å²) in [6.07, 6.45) is 4.36. The number of ether oxygens (including phenoxy) is 1. The van der Waals surface area contributed by atoms with Gasteiger partial charge in [-0.1, -0.05) is 13.8 Å². The Balaban J connectivity index is 1.93. The van der Waals surface area contributed by atoms with Crippen LogP contribution in [0.25, 0.3) is 0 Å². The maximum absolute atomic E-state index is 13.2. The Morgan fingerprint density at radius 2 is 2.14 bits per heavy atom. The lowest BCUT2D eigenvalue weighted by Crippen LogP contribution is -2.80. The van der Waals surface area contributed by atoms with Gasteiger partial charge in [-0.3, -0.25) is 9.78 Å². The van der Waals surface area contributed by atoms with E-state index in [9.17, 15) is 4.79 Å². The number of nitrogens with two attached hydrogens (primary N) is 1. The van der Waals surface area contributed by atoms with Crippen molar-refractivity contribution < 1.29 is 9.53 Å². The van der Waals surface area contributed by atoms with E-state index in [1.54, 1.807) is 17.3 Å². The molecule has 114 valence electrons. The van der Waals surface area contributed by atoms with Crippen molar-refractivity contribution in [2.45, 2.75) is 38.8 Å². The molecular weight excluding hydrogens is 266 g/mol. The third-order valence-electron chi connectivity index (χ3n) is 5.34. The van der Waals surface area contributed by atoms with Gasteiger partial charge in [-0.2, -0.15) is 0 Å². The third-order valence-corrected chi connectivity index (χ3v) is 5.34. The van der Waals surface area contributed by atoms with E-state index in [-0.39, 0.29) is 23.3 Å². The van der Waals surface area contributed by atoms with Gasteiger partial charge >= 0.3 is 0 Å². The first-order valence-electron chi connectivity index (χ1n) is 7.57. The van der Waals surface area contributed by atoms with E-state index in [2.05, 4.69) is 4.98 Å². The molecule has 3 unspecified atom stereocenters. The monoisotopic (exact) mass is 289 g/mol. The van der Waals surface area contributed by atoms with Crippen LogP contribution in [0.1, 0.15) is 27.2 Å². The molecule has 1 aromatic rings. The zero-order valence-electron chi connectivity index (χ0n) is 12.9. The Kier molecular flexibility index (Phi) is 3.30. The molecule has 1 saturated carbocycles. The second kappa shape index (κ2) is 4.78. The van der Waals surface area contributed by atoms with Crippen molar-refractivity contribution in [2.75, 3.05) is 18.1 Å². The summed E-state index contributed by atoms with van der Waals surface area (Å²) in [4.78, 5) is 18.9. The lowest BCUT2D eigenvalue weighted by molar-refractivity contribution is -0.173. The van der Waals surface area contributed by atoms with Gasteiger partial charge in [0, 0.05) is 42.6 Å². The van der Waals surface area contributed by atoms with Gasteiger partial charge in [-0.25, -0.2) is 0 Å². The Bertz CT molecular complexity index is 546. The molecule has 1 saturated heterocycles. The Hall–Kier alpha value is -1.46. The standard InChI is InChI=1S/C16H23N3O2/c1-4-19(11-5-8-18-9-6-11)14(20)16(17)12-7-10-21-13(12)15(16,2)3/h5-6,8-9,12-13H,4,7,10,17H2,1-3H3. The first-order chi connectivity index (χ1) is 9.94. The summed E-state index contributed by atoms with van der Waals surface area (Å²) >= 11 is 0. The van der Waals surface area contributed by atoms with Crippen LogP contribution in [0.3, 0.4) is 0 Å². The summed E-state index contributed by atoms with van der Waals surface area (Å²) in [7, 11) is 0. The third kappa shape index (κ3) is 1.77. The molecule has 3 atom stereocenters. The van der Waals surface area contributed by atoms with Crippen molar-refractivity contribution in [3.63, 3.8) is 0 Å². The molecule has 2 fully saturated rings. The number of carbonyl (C=O) groups excluding carboxylic acids is 1. The van der Waals surface area contributed by atoms with Gasteiger partial charge in [0.15, 0.2) is 0 Å². The molecule has 2 N–H and O–H groups in total. The van der Waals surface area contributed by atoms with Gasteiger partial charge in [-0.05, 0) is 25.5 Å². The number of anilines is 1. The van der Waals surface area contributed by atoms with Crippen LogP contribution in [0.15, 0.2) is 24.5 Å². The highest BCUT2D eigenvalue weighted by molar-refractivity contribution is 6.02. The van der Waals surface area contributed by atoms with Crippen molar-refractivity contribution in [2.24, 2.45) is 17.1 Å². The van der Waals surface area contributed by atoms with Gasteiger partial charge in [-0.15, -0.1) is 0 Å². The van der Waals surface area contributed by atoms with Gasteiger partial charge in [0.25, 0.3) is 0 Å². The van der Waals surface area contributed by atoms with Crippen LogP contribution in [0.5, 0.6) is 0 Å². The summed E-state index contributed by atoms with van der Waals surface area (Å²) in [5.74, 6) is 0.115. The van der Waals surface area contributed by atoms with E-state index < -0.39 is 5.54 Å². The van der Waals surface area contributed by atoms with E-state index in [4.69, 9.17) is 10.5 Å². The summed E-state index contributed by atoms with van der Waals surface area (Å²) in [5, 5.41) is 0. The largest absolute Gasteiger partial charge is 0.377 e. The van der Waals surface area contributed by atoms with E-state index >= 15 is 0 Å². The molecular formula is C16H23N3O2. The van der Waals surface area contributed by atoms with Gasteiger partial charge < -0.3 is 15.4 Å². The number of rotatable bonds is 3. The van der Waals surface area contributed by atoms with E-state index in [0.29, 0.717) is 13.2 Å². The lowest BCUT2D eigenvalue weighted by Gasteiger charge is -2.61. The quantitative estimate of drug-likeness (QED) is 0.917. The number of hydrogen-bond donors (Lipinski definition) is 1. The fourth-order valence-corrected chi connectivity index (χ4v) is 4.01. The number of pyridine rings is 1. The zero-order chi connectivity index (χ0) is 15.3. The molecule has 21 heavy (non-hydrogen) atoms. The fraction of sp³-hybridized carbons (Fsp3) is 0.625. The summed E-state index contributed by atoms with van der Waals surface area (Å²) in [6, 6.07) is 3.69. The fourth-order valence-electron chi connectivity index (χ4n) is 4.01. The normalized spacial score (nSPS) is 33.1. The molecule has 0 spiro atoms. The summed E-state index contributed by atoms with van der Waals surface area (Å²) < 4.78 is 5.77. The van der Waals surface area contributed by atoms with Gasteiger partial charge in [0.1, 0.15) is 5.54 Å². The molecule has 0 bridgehead atoms. The molecule has 0 aromatic carbocycles. The maximum atomic E-state index is 13.2. The molecule has 1 aromatic heterocycles. The van der Waals surface area contributed by atoms with E-state index in [1.807, 2.05) is 32.9 Å². The molecule has 0 radical (unpaired) electrons. The smallest absolute Gasteiger partial charge is 0.248 e. The predicted molar refractivity (Wildman–Crippen MR) is 80.8 cm³/mol. The van der Waals surface area contributed by atoms with Crippen LogP contribution in [-0.4, -0.2) is 35.7 Å². The lowest BCUT2D eigenvalue weighted by atomic mass is 9.47. The minimum atomic E-state index is -0.854. The van der Waals surface area contributed by atoms with Crippen LogP contribution >= 0.6 is 0 Å². The number of nitrogens with zero attached hydrogens (tertiary/aromatic N) is 2. The number of carbonyl (C=O) groups is 1. The summed E-state index contributed by atoms with van der Waals surface area (Å²) in [5.41, 5.74) is 6.29. The van der Waals surface area contributed by atoms with Crippen molar-refractivity contribution >= 4 is 11.6 Å². The molecule has 1 aliphatic heterocycles. The first kappa shape index (κ1) is 14.5. The van der Waals surface area contributed by atoms with Gasteiger partial charge in [0.05, 0.1) is 6.10 Å². The molecule has 1 amide bonds. The highest BCUT2D eigenvalue weighted by Gasteiger charge is 2.71. The first-order valence-corrected chi connectivity index (χ1v) is 7.57. The average molecular weight is 289 g/mol. The molecule has 5 nitrogen and oxygen atoms in total. The minimum absolute atomic E-state index is 0.00653. The van der Waals surface area contributed by atoms with Crippen LogP contribution < -0.4 is 10.6 Å². The molecule has 1 aliphatic carbocycles. The van der Waals surface area contributed by atoms with E-state index in [1.165, 1.54) is 0 Å². The Labute approximate surface area is 125 Å². The average Bonchev–Trinajstić information content (AvgIpc) is 2.96. The van der Waals surface area contributed by atoms with Crippen LogP contribution in [0, 0.1) is 11.3 Å². The zero-order valence-corrected chi connectivity index (χ0v) is 12.9. The maximum Gasteiger partial charge on any atom is 0.248 e. The van der Waals surface area contributed by atoms with Crippen molar-refractivity contribution in [1.29, 1.82) is 0 Å². The molecule has 2 aliphatic rings. The van der Waals surface area contributed by atoms with Crippen molar-refractivity contribution in [1.82, 2.24) is 4.98 Å². The SMILES string of the molecule is CCN(C(=O)C1(N)C2CCOC2C1(C)C)c1ccncc1. The number of aromatic nitrogens is 1. The van der Waals surface area contributed by atoms with Crippen LogP contribution in [-0.2, 0) is 9.53 Å². The predicted octanol–water partition coefficient (Wildman–Crippen LogP) is 1.58. The van der Waals surface area contributed by atoms with Gasteiger partial charge in [0.2, 0.25) is 5.91 Å². The Morgan fingerprint density at radius 3 is 2.76 bits per heavy atom. The van der Waals surface area contributed by atoms with Crippen LogP contribution in [0.4, 0.5) is 5.69 Å². The highest BCUT2D eigenvalue weighted by Crippen LogP contribution is 2.58. The molecule has 3 rings (SSSR count). The minimum Gasteiger partial charge on any atom is -0.377 e. The van der Waals surface area contributed by atoms with Crippen molar-refractivity contribution in [3.8, 4) is 0 Å². The van der Waals surface area contributed by atoms with Crippen LogP contribution in [0.2, 0.25) is 0 Å². The Morgan fingerprint density at radius 1 is 1.48 bits per heavy atom. The van der Waals surface area contributed by atoms with Crippen molar-refractivity contribution in [3.05, 3.63) is 24.5 Å². The van der Waals surface area contributed by atoms with E-state index in [0.717, 1.165) is 12.1 Å². The second-order valence-electron chi connectivity index (χ2n) is 6.53. The molecule has 2 heterocycles. The molecule has 5 heteroatoms. The topological polar surface area (TPSA) is 68.5 Å². The highest BCUT2D eigenvalue weighted by atomic mass is 16.5. The number of fused-ring (bicyclic) bond motifs is 1. The number of likely N-dealkylation sites (N-methyl/N-ethyl adjacent to an activating group) is 1. The summed E-state index contributed by atoms with van der Waals surface area (Å²) in [6.45, 7) is 7.34. The second-order valence-corrected chi connectivity index (χ2v) is 6.53. The number of amides is 1.